The van der Waals surface area contributed by atoms with Gasteiger partial charge >= 0.3 is 0 Å². The maximum Gasteiger partial charge on any atom is 0.0719 e. The molecule has 296 valence electrons. The van der Waals surface area contributed by atoms with E-state index in [1.54, 1.807) is 0 Å². The van der Waals surface area contributed by atoms with Crippen LogP contribution in [0.15, 0.2) is 212 Å². The average molecular weight is 794 g/mol. The summed E-state index contributed by atoms with van der Waals surface area (Å²) in [6.45, 7) is 9.49. The summed E-state index contributed by atoms with van der Waals surface area (Å²) in [6.07, 6.45) is 0. The van der Waals surface area contributed by atoms with E-state index in [0.717, 1.165) is 17.1 Å². The minimum absolute atomic E-state index is 0.0904. The number of nitrogens with zero attached hydrogens (tertiary/aromatic N) is 1. The quantitative estimate of drug-likeness (QED) is 0.168. The van der Waals surface area contributed by atoms with Crippen LogP contribution < -0.4 is 4.90 Å². The molecule has 0 atom stereocenters. The van der Waals surface area contributed by atoms with Crippen molar-refractivity contribution in [3.05, 3.63) is 257 Å². The Balaban J connectivity index is 0.978. The third-order valence-corrected chi connectivity index (χ3v) is 14.5. The molecule has 1 nitrogen and oxygen atoms in total. The number of hydrogen-bond donors (Lipinski definition) is 0. The highest BCUT2D eigenvalue weighted by atomic mass is 15.1. The van der Waals surface area contributed by atoms with Crippen LogP contribution >= 0.6 is 0 Å². The first-order valence-corrected chi connectivity index (χ1v) is 22.0. The second-order valence-corrected chi connectivity index (χ2v) is 18.5. The summed E-state index contributed by atoms with van der Waals surface area (Å²) in [5.41, 5.74) is 23.9. The summed E-state index contributed by atoms with van der Waals surface area (Å²) in [5.74, 6) is 0. The fourth-order valence-electron chi connectivity index (χ4n) is 11.6. The topological polar surface area (TPSA) is 3.24 Å². The van der Waals surface area contributed by atoms with Crippen molar-refractivity contribution in [3.63, 3.8) is 0 Å². The summed E-state index contributed by atoms with van der Waals surface area (Å²) >= 11 is 0. The van der Waals surface area contributed by atoms with Gasteiger partial charge in [0.2, 0.25) is 0 Å². The van der Waals surface area contributed by atoms with Gasteiger partial charge in [0, 0.05) is 27.9 Å². The highest BCUT2D eigenvalue weighted by molar-refractivity contribution is 5.91. The van der Waals surface area contributed by atoms with Crippen molar-refractivity contribution >= 4 is 17.1 Å². The largest absolute Gasteiger partial charge is 0.310 e. The molecule has 1 heteroatoms. The first-order chi connectivity index (χ1) is 30.3. The molecule has 0 unspecified atom stereocenters. The summed E-state index contributed by atoms with van der Waals surface area (Å²) < 4.78 is 0. The van der Waals surface area contributed by atoms with Crippen molar-refractivity contribution in [3.8, 4) is 44.5 Å². The molecule has 3 aliphatic carbocycles. The average Bonchev–Trinajstić information content (AvgIpc) is 3.74. The van der Waals surface area contributed by atoms with Gasteiger partial charge in [0.05, 0.1) is 5.41 Å². The van der Waals surface area contributed by atoms with Crippen molar-refractivity contribution in [1.29, 1.82) is 0 Å². The molecule has 0 N–H and O–H groups in total. The van der Waals surface area contributed by atoms with Crippen molar-refractivity contribution in [2.45, 2.75) is 43.9 Å². The van der Waals surface area contributed by atoms with Crippen LogP contribution in [-0.2, 0) is 16.2 Å². The molecule has 0 saturated heterocycles. The van der Waals surface area contributed by atoms with Crippen LogP contribution in [0.2, 0.25) is 0 Å². The van der Waals surface area contributed by atoms with Gasteiger partial charge in [-0.25, -0.2) is 0 Å². The van der Waals surface area contributed by atoms with Crippen LogP contribution in [-0.4, -0.2) is 0 Å². The molecule has 0 fully saturated rings. The maximum absolute atomic E-state index is 2.50. The summed E-state index contributed by atoms with van der Waals surface area (Å²) in [6, 6.07) is 79.6. The smallest absolute Gasteiger partial charge is 0.0719 e. The van der Waals surface area contributed by atoms with Crippen molar-refractivity contribution in [2.24, 2.45) is 0 Å². The third-order valence-electron chi connectivity index (χ3n) is 14.5. The van der Waals surface area contributed by atoms with Crippen molar-refractivity contribution in [1.82, 2.24) is 0 Å². The van der Waals surface area contributed by atoms with Crippen LogP contribution in [0.3, 0.4) is 0 Å². The van der Waals surface area contributed by atoms with Gasteiger partial charge in [0.15, 0.2) is 0 Å². The molecule has 9 aromatic rings. The van der Waals surface area contributed by atoms with Crippen LogP contribution in [0.5, 0.6) is 0 Å². The number of para-hydroxylation sites is 1. The van der Waals surface area contributed by atoms with E-state index in [9.17, 15) is 0 Å². The molecule has 0 radical (unpaired) electrons. The van der Waals surface area contributed by atoms with Crippen LogP contribution in [0.4, 0.5) is 17.1 Å². The number of hydrogen-bond acceptors (Lipinski definition) is 1. The molecule has 0 aromatic heterocycles. The highest BCUT2D eigenvalue weighted by Crippen LogP contribution is 2.62. The molecular formula is C61H47N. The summed E-state index contributed by atoms with van der Waals surface area (Å²) in [4.78, 5) is 2.41. The van der Waals surface area contributed by atoms with Gasteiger partial charge in [0.1, 0.15) is 0 Å². The molecule has 1 spiro atoms. The molecule has 0 bridgehead atoms. The van der Waals surface area contributed by atoms with E-state index in [1.165, 1.54) is 89.0 Å². The lowest BCUT2D eigenvalue weighted by atomic mass is 9.55. The van der Waals surface area contributed by atoms with Crippen LogP contribution in [0.1, 0.15) is 72.2 Å². The minimum Gasteiger partial charge on any atom is -0.310 e. The summed E-state index contributed by atoms with van der Waals surface area (Å²) in [7, 11) is 0. The van der Waals surface area contributed by atoms with Gasteiger partial charge in [-0.15, -0.1) is 0 Å². The van der Waals surface area contributed by atoms with E-state index in [2.05, 4.69) is 245 Å². The Morgan fingerprint density at radius 3 is 1.37 bits per heavy atom. The number of benzene rings is 9. The van der Waals surface area contributed by atoms with Crippen molar-refractivity contribution in [2.75, 3.05) is 4.90 Å². The molecule has 0 saturated carbocycles. The fourth-order valence-corrected chi connectivity index (χ4v) is 11.6. The Hall–Kier alpha value is -7.22. The van der Waals surface area contributed by atoms with Crippen LogP contribution in [0, 0.1) is 0 Å². The molecule has 12 rings (SSSR count). The van der Waals surface area contributed by atoms with Gasteiger partial charge in [-0.3, -0.25) is 0 Å². The van der Waals surface area contributed by atoms with E-state index in [-0.39, 0.29) is 10.8 Å². The Labute approximate surface area is 365 Å². The van der Waals surface area contributed by atoms with E-state index in [4.69, 9.17) is 0 Å². The second kappa shape index (κ2) is 13.4. The lowest BCUT2D eigenvalue weighted by Crippen LogP contribution is -2.40. The SMILES string of the molecule is CC1(C)c2ccccc2-c2ccc(N(c3ccccc3)c3cccc(-c4cccc(-c5ccc6c(c5)C5(c7ccccc7-6)c6ccccc6C(C)(C)c6ccccc65)c4)c3)cc21. The van der Waals surface area contributed by atoms with Gasteiger partial charge in [-0.2, -0.15) is 0 Å². The predicted octanol–water partition coefficient (Wildman–Crippen LogP) is 15.8. The maximum atomic E-state index is 2.50. The first kappa shape index (κ1) is 36.6. The van der Waals surface area contributed by atoms with E-state index in [0.29, 0.717) is 0 Å². The monoisotopic (exact) mass is 793 g/mol. The van der Waals surface area contributed by atoms with E-state index >= 15 is 0 Å². The van der Waals surface area contributed by atoms with Crippen LogP contribution in [0.25, 0.3) is 44.5 Å². The molecule has 3 aliphatic rings. The standard InChI is InChI=1S/C61H47N/c1-59(2)51-26-10-8-24-47(51)49-35-33-46(39-57(49)59)62(44-21-6-5-7-22-44)45-23-17-20-42(37-45)40-18-16-19-41(36-40)43-32-34-50-48-25-9-11-27-52(48)61(58(50)38-43)55-30-14-12-28-53(55)60(3,4)54-29-13-15-31-56(54)61/h5-39H,1-4H3. The second-order valence-electron chi connectivity index (χ2n) is 18.5. The molecule has 0 amide bonds. The number of rotatable bonds is 5. The van der Waals surface area contributed by atoms with E-state index in [1.807, 2.05) is 0 Å². The Bertz CT molecular complexity index is 3210. The van der Waals surface area contributed by atoms with Gasteiger partial charge in [-0.05, 0) is 138 Å². The Kier molecular flexibility index (Phi) is 7.91. The highest BCUT2D eigenvalue weighted by Gasteiger charge is 2.53. The Morgan fingerprint density at radius 2 is 0.694 bits per heavy atom. The van der Waals surface area contributed by atoms with Gasteiger partial charge in [-0.1, -0.05) is 191 Å². The molecule has 62 heavy (non-hydrogen) atoms. The normalized spacial score (nSPS) is 15.2. The molecule has 0 heterocycles. The molecular weight excluding hydrogens is 747 g/mol. The number of anilines is 3. The zero-order chi connectivity index (χ0) is 41.8. The number of fused-ring (bicyclic) bond motifs is 12. The predicted molar refractivity (Wildman–Crippen MR) is 259 cm³/mol. The lowest BCUT2D eigenvalue weighted by molar-refractivity contribution is 0.563. The van der Waals surface area contributed by atoms with Crippen molar-refractivity contribution < 1.29 is 0 Å². The zero-order valence-corrected chi connectivity index (χ0v) is 35.7. The van der Waals surface area contributed by atoms with Gasteiger partial charge in [0.25, 0.3) is 0 Å². The molecule has 9 aromatic carbocycles. The van der Waals surface area contributed by atoms with Gasteiger partial charge < -0.3 is 4.90 Å². The zero-order valence-electron chi connectivity index (χ0n) is 35.7. The fraction of sp³-hybridized carbons (Fsp3) is 0.115. The summed E-state index contributed by atoms with van der Waals surface area (Å²) in [5, 5.41) is 0. The molecule has 0 aliphatic heterocycles. The minimum atomic E-state index is -0.424. The Morgan fingerprint density at radius 1 is 0.258 bits per heavy atom. The van der Waals surface area contributed by atoms with E-state index < -0.39 is 5.41 Å². The third kappa shape index (κ3) is 5.09. The first-order valence-electron chi connectivity index (χ1n) is 22.0. The lowest BCUT2D eigenvalue weighted by Gasteiger charge is -2.46.